The number of hydrogen-bond acceptors (Lipinski definition) is 3. The van der Waals surface area contributed by atoms with Gasteiger partial charge in [0.25, 0.3) is 0 Å². The van der Waals surface area contributed by atoms with Gasteiger partial charge in [-0.2, -0.15) is 0 Å². The number of rotatable bonds is 2. The molecule has 0 aromatic heterocycles. The van der Waals surface area contributed by atoms with E-state index in [0.29, 0.717) is 5.56 Å². The molecule has 0 fully saturated rings. The van der Waals surface area contributed by atoms with Gasteiger partial charge in [0.2, 0.25) is 0 Å². The highest BCUT2D eigenvalue weighted by Gasteiger charge is 2.26. The van der Waals surface area contributed by atoms with Gasteiger partial charge in [0, 0.05) is 0 Å². The van der Waals surface area contributed by atoms with Crippen molar-refractivity contribution in [2.24, 2.45) is 5.73 Å². The first-order chi connectivity index (χ1) is 5.94. The van der Waals surface area contributed by atoms with E-state index in [4.69, 9.17) is 10.8 Å². The van der Waals surface area contributed by atoms with Gasteiger partial charge in [0.05, 0.1) is 5.54 Å². The van der Waals surface area contributed by atoms with Gasteiger partial charge in [0.15, 0.2) is 5.78 Å². The molecule has 0 aliphatic heterocycles. The summed E-state index contributed by atoms with van der Waals surface area (Å²) < 4.78 is 0. The normalized spacial score (nSPS) is 15.0. The van der Waals surface area contributed by atoms with Crippen LogP contribution < -0.4 is 5.73 Å². The summed E-state index contributed by atoms with van der Waals surface area (Å²) in [7, 11) is 0. The van der Waals surface area contributed by atoms with E-state index in [1.165, 1.54) is 19.1 Å². The van der Waals surface area contributed by atoms with E-state index in [-0.39, 0.29) is 11.5 Å². The second-order valence-corrected chi connectivity index (χ2v) is 3.31. The van der Waals surface area contributed by atoms with Crippen molar-refractivity contribution in [2.75, 3.05) is 0 Å². The Morgan fingerprint density at radius 2 is 1.85 bits per heavy atom. The summed E-state index contributed by atoms with van der Waals surface area (Å²) in [5.74, 6) is 0.0706. The molecule has 1 rings (SSSR count). The maximum absolute atomic E-state index is 11.2. The zero-order valence-corrected chi connectivity index (χ0v) is 7.74. The minimum Gasteiger partial charge on any atom is -0.508 e. The fourth-order valence-corrected chi connectivity index (χ4v) is 1.01. The first kappa shape index (κ1) is 9.74. The van der Waals surface area contributed by atoms with Gasteiger partial charge in [0.1, 0.15) is 5.75 Å². The Balaban J connectivity index is 3.08. The molecule has 1 unspecified atom stereocenters. The Morgan fingerprint density at radius 1 is 1.38 bits per heavy atom. The smallest absolute Gasteiger partial charge is 0.153 e. The SMILES string of the molecule is CC(=O)C(C)(N)c1ccc(O)cc1. The number of ketones is 1. The Labute approximate surface area is 77.2 Å². The van der Waals surface area contributed by atoms with E-state index in [0.717, 1.165) is 0 Å². The van der Waals surface area contributed by atoms with E-state index >= 15 is 0 Å². The van der Waals surface area contributed by atoms with E-state index in [1.807, 2.05) is 0 Å². The largest absolute Gasteiger partial charge is 0.508 e. The second kappa shape index (κ2) is 3.18. The highest BCUT2D eigenvalue weighted by molar-refractivity contribution is 5.86. The number of phenols is 1. The van der Waals surface area contributed by atoms with Gasteiger partial charge in [-0.3, -0.25) is 4.79 Å². The number of benzene rings is 1. The maximum Gasteiger partial charge on any atom is 0.153 e. The summed E-state index contributed by atoms with van der Waals surface area (Å²) in [6.07, 6.45) is 0. The van der Waals surface area contributed by atoms with Gasteiger partial charge in [-0.25, -0.2) is 0 Å². The van der Waals surface area contributed by atoms with Gasteiger partial charge in [-0.05, 0) is 31.5 Å². The molecule has 0 bridgehead atoms. The third kappa shape index (κ3) is 1.87. The summed E-state index contributed by atoms with van der Waals surface area (Å²) in [6.45, 7) is 3.11. The average Bonchev–Trinajstić information content (AvgIpc) is 2.04. The van der Waals surface area contributed by atoms with E-state index < -0.39 is 5.54 Å². The molecule has 0 amide bonds. The molecular weight excluding hydrogens is 166 g/mol. The van der Waals surface area contributed by atoms with Crippen molar-refractivity contribution in [2.45, 2.75) is 19.4 Å². The fraction of sp³-hybridized carbons (Fsp3) is 0.300. The first-order valence-corrected chi connectivity index (χ1v) is 4.04. The molecule has 1 aromatic carbocycles. The van der Waals surface area contributed by atoms with Crippen LogP contribution in [0.25, 0.3) is 0 Å². The molecule has 1 aromatic rings. The molecule has 0 heterocycles. The van der Waals surface area contributed by atoms with Gasteiger partial charge < -0.3 is 10.8 Å². The fourth-order valence-electron chi connectivity index (χ4n) is 1.01. The van der Waals surface area contributed by atoms with Crippen LogP contribution in [-0.2, 0) is 10.3 Å². The van der Waals surface area contributed by atoms with Crippen molar-refractivity contribution in [1.29, 1.82) is 0 Å². The summed E-state index contributed by atoms with van der Waals surface area (Å²) in [4.78, 5) is 11.2. The molecular formula is C10H13NO2. The summed E-state index contributed by atoms with van der Waals surface area (Å²) in [5.41, 5.74) is 5.54. The standard InChI is InChI=1S/C10H13NO2/c1-7(12)10(2,11)8-3-5-9(13)6-4-8/h3-6,13H,11H2,1-2H3. The van der Waals surface area contributed by atoms with Crippen LogP contribution >= 0.6 is 0 Å². The number of carbonyl (C=O) groups is 1. The predicted molar refractivity (Wildman–Crippen MR) is 50.3 cm³/mol. The lowest BCUT2D eigenvalue weighted by atomic mass is 9.89. The van der Waals surface area contributed by atoms with E-state index in [2.05, 4.69) is 0 Å². The van der Waals surface area contributed by atoms with Gasteiger partial charge >= 0.3 is 0 Å². The highest BCUT2D eigenvalue weighted by Crippen LogP contribution is 2.20. The van der Waals surface area contributed by atoms with Crippen molar-refractivity contribution in [1.82, 2.24) is 0 Å². The zero-order chi connectivity index (χ0) is 10.1. The van der Waals surface area contributed by atoms with Crippen LogP contribution in [0, 0.1) is 0 Å². The van der Waals surface area contributed by atoms with E-state index in [9.17, 15) is 4.79 Å². The lowest BCUT2D eigenvalue weighted by molar-refractivity contribution is -0.121. The molecule has 3 nitrogen and oxygen atoms in total. The number of aromatic hydroxyl groups is 1. The quantitative estimate of drug-likeness (QED) is 0.716. The topological polar surface area (TPSA) is 63.3 Å². The monoisotopic (exact) mass is 179 g/mol. The third-order valence-electron chi connectivity index (χ3n) is 2.20. The van der Waals surface area contributed by atoms with Crippen molar-refractivity contribution in [3.63, 3.8) is 0 Å². The number of hydrogen-bond donors (Lipinski definition) is 2. The van der Waals surface area contributed by atoms with Gasteiger partial charge in [-0.1, -0.05) is 12.1 Å². The second-order valence-electron chi connectivity index (χ2n) is 3.31. The lowest BCUT2D eigenvalue weighted by Crippen LogP contribution is -2.40. The molecule has 0 radical (unpaired) electrons. The van der Waals surface area contributed by atoms with Crippen LogP contribution in [0.3, 0.4) is 0 Å². The molecule has 0 saturated heterocycles. The molecule has 1 atom stereocenters. The summed E-state index contributed by atoms with van der Waals surface area (Å²) >= 11 is 0. The Bertz CT molecular complexity index is 314. The highest BCUT2D eigenvalue weighted by atomic mass is 16.3. The molecule has 0 aliphatic carbocycles. The van der Waals surface area contributed by atoms with Crippen LogP contribution in [0.2, 0.25) is 0 Å². The molecule has 0 spiro atoms. The molecule has 0 saturated carbocycles. The van der Waals surface area contributed by atoms with Crippen molar-refractivity contribution in [3.05, 3.63) is 29.8 Å². The van der Waals surface area contributed by atoms with Crippen LogP contribution in [0.15, 0.2) is 24.3 Å². The van der Waals surface area contributed by atoms with Crippen molar-refractivity contribution in [3.8, 4) is 5.75 Å². The summed E-state index contributed by atoms with van der Waals surface area (Å²) in [6, 6.07) is 6.33. The minimum atomic E-state index is -0.965. The summed E-state index contributed by atoms with van der Waals surface area (Å²) in [5, 5.41) is 9.04. The Kier molecular flexibility index (Phi) is 2.38. The Hall–Kier alpha value is -1.35. The molecule has 70 valence electrons. The van der Waals surface area contributed by atoms with Gasteiger partial charge in [-0.15, -0.1) is 0 Å². The van der Waals surface area contributed by atoms with E-state index in [1.54, 1.807) is 19.1 Å². The van der Waals surface area contributed by atoms with Crippen LogP contribution in [-0.4, -0.2) is 10.9 Å². The van der Waals surface area contributed by atoms with Crippen LogP contribution in [0.5, 0.6) is 5.75 Å². The maximum atomic E-state index is 11.2. The molecule has 3 heteroatoms. The first-order valence-electron chi connectivity index (χ1n) is 4.04. The zero-order valence-electron chi connectivity index (χ0n) is 7.74. The molecule has 3 N–H and O–H groups in total. The number of nitrogens with two attached hydrogens (primary N) is 1. The van der Waals surface area contributed by atoms with Crippen LogP contribution in [0.4, 0.5) is 0 Å². The van der Waals surface area contributed by atoms with Crippen molar-refractivity contribution >= 4 is 5.78 Å². The minimum absolute atomic E-state index is 0.0989. The molecule has 0 aliphatic rings. The van der Waals surface area contributed by atoms with Crippen LogP contribution in [0.1, 0.15) is 19.4 Å². The Morgan fingerprint density at radius 3 is 2.23 bits per heavy atom. The number of Topliss-reactive ketones (excluding diaryl/α,β-unsaturated/α-hetero) is 1. The third-order valence-corrected chi connectivity index (χ3v) is 2.20. The number of carbonyl (C=O) groups excluding carboxylic acids is 1. The predicted octanol–water partition coefficient (Wildman–Crippen LogP) is 1.16. The average molecular weight is 179 g/mol. The lowest BCUT2D eigenvalue weighted by Gasteiger charge is -2.21. The molecule has 13 heavy (non-hydrogen) atoms. The number of phenolic OH excluding ortho intramolecular Hbond substituents is 1. The van der Waals surface area contributed by atoms with Crippen molar-refractivity contribution < 1.29 is 9.90 Å².